The van der Waals surface area contributed by atoms with E-state index in [1.807, 2.05) is 13.0 Å². The summed E-state index contributed by atoms with van der Waals surface area (Å²) in [4.78, 5) is 16.9. The van der Waals surface area contributed by atoms with Crippen molar-refractivity contribution in [3.05, 3.63) is 64.2 Å². The minimum atomic E-state index is -4.42. The molecular weight excluding hydrogens is 531 g/mol. The molecule has 11 heteroatoms. The van der Waals surface area contributed by atoms with Crippen molar-refractivity contribution in [3.8, 4) is 5.75 Å². The standard InChI is InChI=1S/C28H38F3N3O4S/c1-20-21(2)26(38-18-4-12-34-13-5-19-39(34,36)37)11-10-25(20)22(3)32-14-16-33(17-15-32)27(35)23-6-8-24(9-7-23)28(29,30)31/h6-11,22,36-37H,4-5,12-19H2,1-3H3/t22-/m1/s1. The number of rotatable bonds is 8. The highest BCUT2D eigenvalue weighted by Gasteiger charge is 2.31. The van der Waals surface area contributed by atoms with Gasteiger partial charge in [-0.3, -0.25) is 18.8 Å². The lowest BCUT2D eigenvalue weighted by Crippen LogP contribution is -2.49. The number of alkyl halides is 3. The first-order valence-electron chi connectivity index (χ1n) is 13.3. The van der Waals surface area contributed by atoms with Gasteiger partial charge in [-0.15, -0.1) is 10.8 Å². The number of ether oxygens (including phenoxy) is 1. The molecular formula is C28H38F3N3O4S. The number of carbonyl (C=O) groups is 1. The molecule has 2 saturated heterocycles. The molecule has 2 aromatic carbocycles. The van der Waals surface area contributed by atoms with Gasteiger partial charge in [0.1, 0.15) is 5.75 Å². The van der Waals surface area contributed by atoms with Crippen molar-refractivity contribution in [1.82, 2.24) is 14.1 Å². The van der Waals surface area contributed by atoms with Crippen molar-refractivity contribution in [1.29, 1.82) is 0 Å². The van der Waals surface area contributed by atoms with Crippen LogP contribution in [0, 0.1) is 13.8 Å². The Bertz CT molecular complexity index is 1150. The summed E-state index contributed by atoms with van der Waals surface area (Å²) in [7, 11) is -2.59. The Labute approximate surface area is 230 Å². The van der Waals surface area contributed by atoms with Gasteiger partial charge in [-0.2, -0.15) is 13.2 Å². The van der Waals surface area contributed by atoms with Gasteiger partial charge in [0, 0.05) is 50.9 Å². The molecule has 216 valence electrons. The highest BCUT2D eigenvalue weighted by Crippen LogP contribution is 2.48. The normalized spacial score (nSPS) is 20.2. The van der Waals surface area contributed by atoms with Crippen LogP contribution < -0.4 is 4.74 Å². The smallest absolute Gasteiger partial charge is 0.416 e. The maximum absolute atomic E-state index is 12.8. The third-order valence-electron chi connectivity index (χ3n) is 7.89. The third kappa shape index (κ3) is 6.89. The van der Waals surface area contributed by atoms with E-state index in [9.17, 15) is 27.1 Å². The number of hydrogen-bond donors (Lipinski definition) is 2. The maximum atomic E-state index is 12.8. The number of nitrogens with zero attached hydrogens (tertiary/aromatic N) is 3. The van der Waals surface area contributed by atoms with Crippen molar-refractivity contribution < 1.29 is 31.8 Å². The predicted octanol–water partition coefficient (Wildman–Crippen LogP) is 5.98. The molecule has 2 aliphatic rings. The van der Waals surface area contributed by atoms with E-state index in [1.54, 1.807) is 9.21 Å². The third-order valence-corrected chi connectivity index (χ3v) is 9.92. The van der Waals surface area contributed by atoms with Crippen molar-refractivity contribution >= 4 is 16.7 Å². The quantitative estimate of drug-likeness (QED) is 0.381. The molecule has 0 aromatic heterocycles. The second-order valence-electron chi connectivity index (χ2n) is 10.3. The summed E-state index contributed by atoms with van der Waals surface area (Å²) in [6, 6.07) is 8.59. The second kappa shape index (κ2) is 12.1. The summed E-state index contributed by atoms with van der Waals surface area (Å²) in [5, 5.41) is 0. The lowest BCUT2D eigenvalue weighted by Gasteiger charge is -2.39. The average Bonchev–Trinajstić information content (AvgIpc) is 3.25. The highest BCUT2D eigenvalue weighted by atomic mass is 32.3. The van der Waals surface area contributed by atoms with Crippen molar-refractivity contribution in [2.75, 3.05) is 51.6 Å². The van der Waals surface area contributed by atoms with Crippen LogP contribution in [0.1, 0.15) is 58.4 Å². The molecule has 4 rings (SSSR count). The van der Waals surface area contributed by atoms with Crippen molar-refractivity contribution in [2.24, 2.45) is 0 Å². The van der Waals surface area contributed by atoms with Gasteiger partial charge in [0.2, 0.25) is 0 Å². The molecule has 2 aromatic rings. The zero-order valence-electron chi connectivity index (χ0n) is 22.7. The zero-order chi connectivity index (χ0) is 28.4. The van der Waals surface area contributed by atoms with Crippen LogP contribution in [0.2, 0.25) is 0 Å². The number of amides is 1. The first kappa shape index (κ1) is 29.7. The minimum Gasteiger partial charge on any atom is -0.493 e. The summed E-state index contributed by atoms with van der Waals surface area (Å²) in [6.45, 7) is 10.4. The molecule has 0 radical (unpaired) electrons. The molecule has 1 atom stereocenters. The molecule has 0 aliphatic carbocycles. The molecule has 1 amide bonds. The van der Waals surface area contributed by atoms with Gasteiger partial charge in [-0.05, 0) is 80.6 Å². The minimum absolute atomic E-state index is 0.126. The Morgan fingerprint density at radius 1 is 1.00 bits per heavy atom. The fraction of sp³-hybridized carbons (Fsp3) is 0.536. The molecule has 39 heavy (non-hydrogen) atoms. The van der Waals surface area contributed by atoms with Gasteiger partial charge in [0.25, 0.3) is 5.91 Å². The van der Waals surface area contributed by atoms with Crippen LogP contribution in [0.4, 0.5) is 13.2 Å². The molecule has 2 fully saturated rings. The summed E-state index contributed by atoms with van der Waals surface area (Å²) in [5.74, 6) is 1.03. The van der Waals surface area contributed by atoms with Crippen LogP contribution in [0.5, 0.6) is 5.75 Å². The molecule has 2 heterocycles. The highest BCUT2D eigenvalue weighted by molar-refractivity contribution is 8.22. The Kier molecular flexibility index (Phi) is 9.17. The van der Waals surface area contributed by atoms with E-state index in [4.69, 9.17) is 4.74 Å². The fourth-order valence-corrected chi connectivity index (χ4v) is 6.93. The van der Waals surface area contributed by atoms with Gasteiger partial charge in [0.15, 0.2) is 0 Å². The Morgan fingerprint density at radius 3 is 2.26 bits per heavy atom. The SMILES string of the molecule is Cc1c(OCCCN2CCCS2(O)O)ccc([C@@H](C)N2CCN(C(=O)c3ccc(C(F)(F)F)cc3)CC2)c1C. The average molecular weight is 570 g/mol. The zero-order valence-corrected chi connectivity index (χ0v) is 23.5. The number of hydrogen-bond acceptors (Lipinski definition) is 6. The van der Waals surface area contributed by atoms with Crippen LogP contribution >= 0.6 is 10.8 Å². The van der Waals surface area contributed by atoms with E-state index in [0.717, 1.165) is 35.4 Å². The van der Waals surface area contributed by atoms with Crippen LogP contribution in [-0.2, 0) is 6.18 Å². The molecule has 7 nitrogen and oxygen atoms in total. The van der Waals surface area contributed by atoms with Crippen LogP contribution in [0.25, 0.3) is 0 Å². The van der Waals surface area contributed by atoms with E-state index >= 15 is 0 Å². The van der Waals surface area contributed by atoms with Crippen LogP contribution in [0.3, 0.4) is 0 Å². The summed E-state index contributed by atoms with van der Waals surface area (Å²) in [5.41, 5.74) is 2.91. The number of piperazine rings is 1. The fourth-order valence-electron chi connectivity index (χ4n) is 5.31. The van der Waals surface area contributed by atoms with E-state index in [-0.39, 0.29) is 17.5 Å². The van der Waals surface area contributed by atoms with Crippen molar-refractivity contribution in [2.45, 2.75) is 45.8 Å². The number of benzene rings is 2. The van der Waals surface area contributed by atoms with E-state index in [0.29, 0.717) is 58.0 Å². The van der Waals surface area contributed by atoms with E-state index in [2.05, 4.69) is 24.8 Å². The van der Waals surface area contributed by atoms with E-state index in [1.165, 1.54) is 17.7 Å². The molecule has 0 bridgehead atoms. The second-order valence-corrected chi connectivity index (χ2v) is 12.5. The van der Waals surface area contributed by atoms with Gasteiger partial charge < -0.3 is 9.64 Å². The van der Waals surface area contributed by atoms with Gasteiger partial charge in [-0.1, -0.05) is 6.07 Å². The van der Waals surface area contributed by atoms with Crippen LogP contribution in [-0.4, -0.2) is 80.7 Å². The first-order valence-corrected chi connectivity index (χ1v) is 15.0. The number of carbonyl (C=O) groups excluding carboxylic acids is 1. The van der Waals surface area contributed by atoms with Crippen LogP contribution in [0.15, 0.2) is 36.4 Å². The van der Waals surface area contributed by atoms with Crippen molar-refractivity contribution in [3.63, 3.8) is 0 Å². The monoisotopic (exact) mass is 569 g/mol. The first-order chi connectivity index (χ1) is 18.4. The van der Waals surface area contributed by atoms with E-state index < -0.39 is 22.5 Å². The largest absolute Gasteiger partial charge is 0.493 e. The van der Waals surface area contributed by atoms with Gasteiger partial charge in [0.05, 0.1) is 17.9 Å². The topological polar surface area (TPSA) is 76.5 Å². The predicted molar refractivity (Wildman–Crippen MR) is 147 cm³/mol. The lowest BCUT2D eigenvalue weighted by molar-refractivity contribution is -0.137. The summed E-state index contributed by atoms with van der Waals surface area (Å²) in [6.07, 6.45) is -2.90. The lowest BCUT2D eigenvalue weighted by atomic mass is 9.96. The molecule has 0 spiro atoms. The Balaban J connectivity index is 1.29. The van der Waals surface area contributed by atoms with Gasteiger partial charge in [-0.25, -0.2) is 4.31 Å². The molecule has 0 saturated carbocycles. The maximum Gasteiger partial charge on any atom is 0.416 e. The number of halogens is 3. The molecule has 2 aliphatic heterocycles. The molecule has 0 unspecified atom stereocenters. The summed E-state index contributed by atoms with van der Waals surface area (Å²) < 4.78 is 66.4. The Hall–Kier alpha value is -2.31. The Morgan fingerprint density at radius 2 is 1.67 bits per heavy atom. The summed E-state index contributed by atoms with van der Waals surface area (Å²) >= 11 is 0. The van der Waals surface area contributed by atoms with Gasteiger partial charge >= 0.3 is 6.18 Å². The molecule has 2 N–H and O–H groups in total.